The van der Waals surface area contributed by atoms with Crippen LogP contribution in [0, 0.1) is 0 Å². The molecule has 0 radical (unpaired) electrons. The van der Waals surface area contributed by atoms with E-state index in [9.17, 15) is 13.2 Å². The van der Waals surface area contributed by atoms with Gasteiger partial charge in [0.15, 0.2) is 0 Å². The normalized spacial score (nSPS) is 16.1. The first kappa shape index (κ1) is 14.8. The van der Waals surface area contributed by atoms with Crippen molar-refractivity contribution < 1.29 is 13.2 Å². The van der Waals surface area contributed by atoms with Crippen LogP contribution in [0.4, 0.5) is 4.79 Å². The summed E-state index contributed by atoms with van der Waals surface area (Å²) >= 11 is 0. The van der Waals surface area contributed by atoms with Gasteiger partial charge in [0, 0.05) is 26.7 Å². The first-order valence-electron chi connectivity index (χ1n) is 6.59. The first-order valence-corrected chi connectivity index (χ1v) is 8.03. The van der Waals surface area contributed by atoms with E-state index in [4.69, 9.17) is 0 Å². The number of carbonyl (C=O) groups excluding carboxylic acids is 1. The number of urea groups is 1. The molecule has 20 heavy (non-hydrogen) atoms. The molecule has 0 unspecified atom stereocenters. The fourth-order valence-corrected chi connectivity index (χ4v) is 3.64. The standard InChI is InChI=1S/C13H19N3O3S/c1-14-13(17)15-10-11-4-6-12(7-5-11)20(18,19)16-8-2-3-9-16/h4-7H,2-3,8-10H2,1H3,(H2,14,15,17). The third kappa shape index (κ3) is 3.29. The first-order chi connectivity index (χ1) is 9.54. The highest BCUT2D eigenvalue weighted by Crippen LogP contribution is 2.20. The van der Waals surface area contributed by atoms with Crippen molar-refractivity contribution in [1.29, 1.82) is 0 Å². The third-order valence-corrected chi connectivity index (χ3v) is 5.22. The van der Waals surface area contributed by atoms with Crippen molar-refractivity contribution in [1.82, 2.24) is 14.9 Å². The minimum Gasteiger partial charge on any atom is -0.341 e. The molecule has 1 aromatic rings. The summed E-state index contributed by atoms with van der Waals surface area (Å²) < 4.78 is 26.1. The van der Waals surface area contributed by atoms with Gasteiger partial charge in [-0.15, -0.1) is 0 Å². The number of rotatable bonds is 4. The van der Waals surface area contributed by atoms with Gasteiger partial charge in [-0.25, -0.2) is 13.2 Å². The SMILES string of the molecule is CNC(=O)NCc1ccc(S(=O)(=O)N2CCCC2)cc1. The second-order valence-electron chi connectivity index (χ2n) is 4.69. The van der Waals surface area contributed by atoms with Crippen LogP contribution in [-0.2, 0) is 16.6 Å². The highest BCUT2D eigenvalue weighted by Gasteiger charge is 2.26. The molecule has 1 aliphatic rings. The Bertz CT molecular complexity index is 563. The van der Waals surface area contributed by atoms with Crippen LogP contribution in [0.25, 0.3) is 0 Å². The Labute approximate surface area is 119 Å². The Morgan fingerprint density at radius 2 is 1.80 bits per heavy atom. The number of nitrogens with one attached hydrogen (secondary N) is 2. The largest absolute Gasteiger partial charge is 0.341 e. The van der Waals surface area contributed by atoms with Crippen LogP contribution in [0.15, 0.2) is 29.2 Å². The number of hydrogen-bond donors (Lipinski definition) is 2. The van der Waals surface area contributed by atoms with Gasteiger partial charge in [-0.2, -0.15) is 4.31 Å². The molecular weight excluding hydrogens is 278 g/mol. The van der Waals surface area contributed by atoms with E-state index in [0.717, 1.165) is 18.4 Å². The molecule has 0 saturated carbocycles. The van der Waals surface area contributed by atoms with E-state index in [1.54, 1.807) is 31.3 Å². The van der Waals surface area contributed by atoms with Gasteiger partial charge in [0.1, 0.15) is 0 Å². The molecule has 1 heterocycles. The number of benzene rings is 1. The Morgan fingerprint density at radius 1 is 1.20 bits per heavy atom. The van der Waals surface area contributed by atoms with Gasteiger partial charge in [-0.1, -0.05) is 12.1 Å². The average molecular weight is 297 g/mol. The van der Waals surface area contributed by atoms with Crippen LogP contribution in [0.5, 0.6) is 0 Å². The van der Waals surface area contributed by atoms with E-state index in [2.05, 4.69) is 10.6 Å². The van der Waals surface area contributed by atoms with Crippen LogP contribution in [0.2, 0.25) is 0 Å². The van der Waals surface area contributed by atoms with E-state index in [1.807, 2.05) is 0 Å². The van der Waals surface area contributed by atoms with E-state index in [1.165, 1.54) is 4.31 Å². The molecule has 0 atom stereocenters. The molecule has 0 aromatic heterocycles. The zero-order valence-electron chi connectivity index (χ0n) is 11.4. The quantitative estimate of drug-likeness (QED) is 0.866. The molecule has 2 N–H and O–H groups in total. The lowest BCUT2D eigenvalue weighted by molar-refractivity contribution is 0.242. The number of amides is 2. The van der Waals surface area contributed by atoms with Crippen LogP contribution >= 0.6 is 0 Å². The van der Waals surface area contributed by atoms with Gasteiger partial charge in [0.2, 0.25) is 10.0 Å². The highest BCUT2D eigenvalue weighted by atomic mass is 32.2. The number of hydrogen-bond acceptors (Lipinski definition) is 3. The predicted octanol–water partition coefficient (Wildman–Crippen LogP) is 0.900. The van der Waals surface area contributed by atoms with Crippen LogP contribution in [0.3, 0.4) is 0 Å². The Morgan fingerprint density at radius 3 is 2.35 bits per heavy atom. The van der Waals surface area contributed by atoms with Crippen LogP contribution in [0.1, 0.15) is 18.4 Å². The van der Waals surface area contributed by atoms with Crippen molar-refractivity contribution in [3.05, 3.63) is 29.8 Å². The maximum absolute atomic E-state index is 12.3. The molecule has 1 saturated heterocycles. The van der Waals surface area contributed by atoms with Gasteiger partial charge in [0.25, 0.3) is 0 Å². The average Bonchev–Trinajstić information content (AvgIpc) is 3.00. The summed E-state index contributed by atoms with van der Waals surface area (Å²) in [6, 6.07) is 6.36. The summed E-state index contributed by atoms with van der Waals surface area (Å²) in [5, 5.41) is 5.11. The molecule has 0 aliphatic carbocycles. The summed E-state index contributed by atoms with van der Waals surface area (Å²) in [5.41, 5.74) is 0.856. The van der Waals surface area contributed by atoms with Crippen molar-refractivity contribution in [2.24, 2.45) is 0 Å². The Hall–Kier alpha value is -1.60. The molecule has 0 bridgehead atoms. The maximum atomic E-state index is 12.3. The molecule has 6 nitrogen and oxygen atoms in total. The van der Waals surface area contributed by atoms with Crippen LogP contribution < -0.4 is 10.6 Å². The highest BCUT2D eigenvalue weighted by molar-refractivity contribution is 7.89. The summed E-state index contributed by atoms with van der Waals surface area (Å²) in [7, 11) is -1.82. The Kier molecular flexibility index (Phi) is 4.61. The Balaban J connectivity index is 2.06. The van der Waals surface area contributed by atoms with Crippen molar-refractivity contribution in [2.75, 3.05) is 20.1 Å². The summed E-state index contributed by atoms with van der Waals surface area (Å²) in [6.07, 6.45) is 1.85. The molecule has 1 aliphatic heterocycles. The smallest absolute Gasteiger partial charge is 0.314 e. The summed E-state index contributed by atoms with van der Waals surface area (Å²) in [4.78, 5) is 11.4. The van der Waals surface area contributed by atoms with Gasteiger partial charge in [-0.05, 0) is 30.5 Å². The number of sulfonamides is 1. The molecular formula is C13H19N3O3S. The second-order valence-corrected chi connectivity index (χ2v) is 6.63. The van der Waals surface area contributed by atoms with Crippen molar-refractivity contribution in [3.63, 3.8) is 0 Å². The topological polar surface area (TPSA) is 78.5 Å². The molecule has 2 rings (SSSR count). The minimum atomic E-state index is -3.36. The lowest BCUT2D eigenvalue weighted by Crippen LogP contribution is -2.32. The monoisotopic (exact) mass is 297 g/mol. The number of nitrogens with zero attached hydrogens (tertiary/aromatic N) is 1. The van der Waals surface area contributed by atoms with Crippen molar-refractivity contribution >= 4 is 16.1 Å². The zero-order valence-corrected chi connectivity index (χ0v) is 12.2. The van der Waals surface area contributed by atoms with Gasteiger partial charge < -0.3 is 10.6 Å². The van der Waals surface area contributed by atoms with E-state index >= 15 is 0 Å². The molecule has 110 valence electrons. The molecule has 1 aromatic carbocycles. The molecule has 1 fully saturated rings. The molecule has 0 spiro atoms. The molecule has 7 heteroatoms. The van der Waals surface area contributed by atoms with E-state index in [-0.39, 0.29) is 6.03 Å². The lowest BCUT2D eigenvalue weighted by Gasteiger charge is -2.15. The minimum absolute atomic E-state index is 0.265. The fourth-order valence-electron chi connectivity index (χ4n) is 2.13. The van der Waals surface area contributed by atoms with Gasteiger partial charge in [0.05, 0.1) is 4.90 Å². The fraction of sp³-hybridized carbons (Fsp3) is 0.462. The summed E-state index contributed by atoms with van der Waals surface area (Å²) in [5.74, 6) is 0. The summed E-state index contributed by atoms with van der Waals surface area (Å²) in [6.45, 7) is 1.56. The van der Waals surface area contributed by atoms with E-state index in [0.29, 0.717) is 24.5 Å². The third-order valence-electron chi connectivity index (χ3n) is 3.31. The lowest BCUT2D eigenvalue weighted by atomic mass is 10.2. The predicted molar refractivity (Wildman–Crippen MR) is 75.7 cm³/mol. The van der Waals surface area contributed by atoms with Crippen molar-refractivity contribution in [2.45, 2.75) is 24.3 Å². The van der Waals surface area contributed by atoms with Crippen molar-refractivity contribution in [3.8, 4) is 0 Å². The van der Waals surface area contributed by atoms with Crippen LogP contribution in [-0.4, -0.2) is 38.9 Å². The van der Waals surface area contributed by atoms with Gasteiger partial charge >= 0.3 is 6.03 Å². The van der Waals surface area contributed by atoms with Gasteiger partial charge in [-0.3, -0.25) is 0 Å². The van der Waals surface area contributed by atoms with E-state index < -0.39 is 10.0 Å². The second kappa shape index (κ2) is 6.23. The number of carbonyl (C=O) groups is 1. The molecule has 2 amide bonds. The zero-order chi connectivity index (χ0) is 14.6. The maximum Gasteiger partial charge on any atom is 0.314 e.